The van der Waals surface area contributed by atoms with Crippen LogP contribution in [0, 0.1) is 0 Å². The zero-order chi connectivity index (χ0) is 49.9. The minimum absolute atomic E-state index is 0.160. The van der Waals surface area contributed by atoms with Gasteiger partial charge in [0, 0.05) is 66.8 Å². The maximum absolute atomic E-state index is 2.63. The van der Waals surface area contributed by atoms with Crippen molar-refractivity contribution in [3.63, 3.8) is 0 Å². The monoisotopic (exact) mass is 958 g/mol. The number of benzene rings is 11. The van der Waals surface area contributed by atoms with Crippen LogP contribution in [0.1, 0.15) is 26.3 Å². The van der Waals surface area contributed by atoms with E-state index >= 15 is 0 Å². The highest BCUT2D eigenvalue weighted by Crippen LogP contribution is 2.51. The summed E-state index contributed by atoms with van der Waals surface area (Å²) in [6, 6.07) is 94.8. The van der Waals surface area contributed by atoms with Crippen LogP contribution in [-0.4, -0.2) is 15.8 Å². The molecular formula is C70H51BN4. The fraction of sp³-hybridized carbons (Fsp3) is 0.0571. The third-order valence-electron chi connectivity index (χ3n) is 16.0. The first-order valence-electron chi connectivity index (χ1n) is 26.2. The molecule has 0 unspecified atom stereocenters. The molecule has 0 spiro atoms. The highest BCUT2D eigenvalue weighted by atomic mass is 15.2. The number of nitrogens with zero attached hydrogens (tertiary/aromatic N) is 4. The van der Waals surface area contributed by atoms with Crippen LogP contribution in [0.25, 0.3) is 77.2 Å². The van der Waals surface area contributed by atoms with E-state index < -0.39 is 0 Å². The number of rotatable bonds is 6. The van der Waals surface area contributed by atoms with Crippen LogP contribution in [-0.2, 0) is 5.41 Å². The second kappa shape index (κ2) is 16.6. The van der Waals surface area contributed by atoms with Crippen LogP contribution in [0.5, 0.6) is 0 Å². The van der Waals surface area contributed by atoms with Gasteiger partial charge in [-0.1, -0.05) is 191 Å². The molecule has 2 aliphatic rings. The molecular weight excluding hydrogens is 908 g/mol. The molecule has 15 rings (SSSR count). The smallest absolute Gasteiger partial charge is 0.252 e. The van der Waals surface area contributed by atoms with E-state index in [1.165, 1.54) is 111 Å². The van der Waals surface area contributed by atoms with Gasteiger partial charge in [-0.3, -0.25) is 0 Å². The second-order valence-electron chi connectivity index (χ2n) is 21.3. The molecule has 0 fully saturated rings. The molecule has 354 valence electrons. The highest BCUT2D eigenvalue weighted by Gasteiger charge is 2.46. The third kappa shape index (κ3) is 6.57. The summed E-state index contributed by atoms with van der Waals surface area (Å²) in [4.78, 5) is 5.25. The molecule has 0 amide bonds. The molecule has 2 aromatic heterocycles. The Morgan fingerprint density at radius 1 is 0.307 bits per heavy atom. The quantitative estimate of drug-likeness (QED) is 0.154. The number of hydrogen-bond donors (Lipinski definition) is 0. The first-order valence-corrected chi connectivity index (χ1v) is 26.2. The molecule has 0 saturated heterocycles. The van der Waals surface area contributed by atoms with Crippen molar-refractivity contribution >= 4 is 101 Å². The van der Waals surface area contributed by atoms with E-state index in [2.05, 4.69) is 294 Å². The number of fused-ring (bicyclic) bond motifs is 10. The van der Waals surface area contributed by atoms with Gasteiger partial charge in [-0.2, -0.15) is 0 Å². The van der Waals surface area contributed by atoms with Gasteiger partial charge in [-0.15, -0.1) is 0 Å². The van der Waals surface area contributed by atoms with Crippen molar-refractivity contribution in [2.24, 2.45) is 0 Å². The zero-order valence-electron chi connectivity index (χ0n) is 42.1. The molecule has 0 aliphatic carbocycles. The number of para-hydroxylation sites is 6. The predicted octanol–water partition coefficient (Wildman–Crippen LogP) is 16.6. The molecule has 4 nitrogen and oxygen atoms in total. The van der Waals surface area contributed by atoms with Gasteiger partial charge < -0.3 is 18.9 Å². The van der Waals surface area contributed by atoms with E-state index in [9.17, 15) is 0 Å². The lowest BCUT2D eigenvalue weighted by atomic mass is 9.33. The normalized spacial score (nSPS) is 12.9. The first kappa shape index (κ1) is 43.3. The standard InChI is InChI=1S/C70H51BN4/c1-70(2,3)48-40-67-69-68(41-48)75(60-37-21-17-33-52(60)47-26-10-5-11-27-47)66-43-56-54-35-19-23-39-62(54)73(50-30-14-7-15-31-50)64(56)45-58(66)71(69)57-44-63-55(53-34-18-22-38-61(53)72(63)49-28-12-6-13-29-49)42-65(57)74(67)59-36-20-16-32-51(59)46-24-8-4-9-25-46/h4-45H,1-3H3. The molecule has 75 heavy (non-hydrogen) atoms. The number of anilines is 6. The summed E-state index contributed by atoms with van der Waals surface area (Å²) in [7, 11) is 0. The van der Waals surface area contributed by atoms with Crippen LogP contribution >= 0.6 is 0 Å². The van der Waals surface area contributed by atoms with Gasteiger partial charge in [-0.05, 0) is 123 Å². The molecule has 5 heteroatoms. The Kier molecular flexibility index (Phi) is 9.58. The van der Waals surface area contributed by atoms with Gasteiger partial charge in [0.2, 0.25) is 0 Å². The maximum atomic E-state index is 2.63. The lowest BCUT2D eigenvalue weighted by Crippen LogP contribution is -2.61. The molecule has 0 N–H and O–H groups in total. The Morgan fingerprint density at radius 3 is 1.11 bits per heavy atom. The fourth-order valence-electron chi connectivity index (χ4n) is 12.6. The summed E-state index contributed by atoms with van der Waals surface area (Å²) in [6.45, 7) is 6.93. The Balaban J connectivity index is 1.14. The lowest BCUT2D eigenvalue weighted by molar-refractivity contribution is 0.590. The summed E-state index contributed by atoms with van der Waals surface area (Å²) < 4.78 is 4.96. The fourth-order valence-corrected chi connectivity index (χ4v) is 12.6. The molecule has 0 radical (unpaired) electrons. The predicted molar refractivity (Wildman–Crippen MR) is 319 cm³/mol. The molecule has 2 aliphatic heterocycles. The SMILES string of the molecule is CC(C)(C)c1cc2c3c(c1)N(c1ccccc1-c1ccccc1)c1cc4c5ccccc5n(-c5ccccc5)c4cc1B3c1cc3c(cc1N2c1ccccc1-c1ccccc1)c1ccccc1n3-c1ccccc1. The second-order valence-corrected chi connectivity index (χ2v) is 21.3. The van der Waals surface area contributed by atoms with Gasteiger partial charge in [0.15, 0.2) is 0 Å². The molecule has 11 aromatic carbocycles. The van der Waals surface area contributed by atoms with E-state index in [0.717, 1.165) is 22.7 Å². The van der Waals surface area contributed by atoms with Crippen LogP contribution < -0.4 is 26.2 Å². The van der Waals surface area contributed by atoms with E-state index in [1.54, 1.807) is 0 Å². The lowest BCUT2D eigenvalue weighted by Gasteiger charge is -2.45. The van der Waals surface area contributed by atoms with E-state index in [4.69, 9.17) is 0 Å². The summed E-state index contributed by atoms with van der Waals surface area (Å²) >= 11 is 0. The number of hydrogen-bond acceptors (Lipinski definition) is 2. The Labute approximate surface area is 437 Å². The van der Waals surface area contributed by atoms with Crippen molar-refractivity contribution in [2.75, 3.05) is 9.80 Å². The minimum atomic E-state index is -0.197. The van der Waals surface area contributed by atoms with E-state index in [1.807, 2.05) is 0 Å². The van der Waals surface area contributed by atoms with Crippen molar-refractivity contribution in [1.82, 2.24) is 9.13 Å². The maximum Gasteiger partial charge on any atom is 0.252 e. The highest BCUT2D eigenvalue weighted by molar-refractivity contribution is 7.00. The first-order chi connectivity index (χ1) is 36.9. The third-order valence-corrected chi connectivity index (χ3v) is 16.0. The Morgan fingerprint density at radius 2 is 0.680 bits per heavy atom. The van der Waals surface area contributed by atoms with Gasteiger partial charge in [-0.25, -0.2) is 0 Å². The summed E-state index contributed by atoms with van der Waals surface area (Å²) in [5.74, 6) is 0. The summed E-state index contributed by atoms with van der Waals surface area (Å²) in [6.07, 6.45) is 0. The molecule has 0 bridgehead atoms. The van der Waals surface area contributed by atoms with Crippen molar-refractivity contribution in [3.05, 3.63) is 260 Å². The Hall–Kier alpha value is -9.32. The van der Waals surface area contributed by atoms with Crippen molar-refractivity contribution < 1.29 is 0 Å². The van der Waals surface area contributed by atoms with Gasteiger partial charge in [0.25, 0.3) is 6.71 Å². The van der Waals surface area contributed by atoms with Crippen molar-refractivity contribution in [1.29, 1.82) is 0 Å². The number of aromatic nitrogens is 2. The van der Waals surface area contributed by atoms with Crippen LogP contribution in [0.15, 0.2) is 255 Å². The average molecular weight is 959 g/mol. The topological polar surface area (TPSA) is 16.3 Å². The van der Waals surface area contributed by atoms with Gasteiger partial charge in [0.1, 0.15) is 0 Å². The zero-order valence-corrected chi connectivity index (χ0v) is 42.1. The average Bonchev–Trinajstić information content (AvgIpc) is 3.99. The largest absolute Gasteiger partial charge is 0.311 e. The van der Waals surface area contributed by atoms with E-state index in [0.29, 0.717) is 0 Å². The van der Waals surface area contributed by atoms with Crippen LogP contribution in [0.3, 0.4) is 0 Å². The molecule has 13 aromatic rings. The van der Waals surface area contributed by atoms with Gasteiger partial charge in [0.05, 0.1) is 33.4 Å². The molecule has 4 heterocycles. The van der Waals surface area contributed by atoms with Crippen LogP contribution in [0.2, 0.25) is 0 Å². The molecule has 0 saturated carbocycles. The summed E-state index contributed by atoms with van der Waals surface area (Å²) in [5, 5.41) is 4.90. The summed E-state index contributed by atoms with van der Waals surface area (Å²) in [5.41, 5.74) is 23.7. The van der Waals surface area contributed by atoms with Crippen molar-refractivity contribution in [2.45, 2.75) is 26.2 Å². The Bertz CT molecular complexity index is 4120. The minimum Gasteiger partial charge on any atom is -0.311 e. The van der Waals surface area contributed by atoms with Crippen molar-refractivity contribution in [3.8, 4) is 33.6 Å². The van der Waals surface area contributed by atoms with Gasteiger partial charge >= 0.3 is 0 Å². The van der Waals surface area contributed by atoms with E-state index in [-0.39, 0.29) is 12.1 Å². The van der Waals surface area contributed by atoms with Crippen LogP contribution in [0.4, 0.5) is 34.1 Å². The molecule has 0 atom stereocenters.